The maximum atomic E-state index is 12.7. The number of nitrogens with one attached hydrogen (secondary N) is 1. The minimum Gasteiger partial charge on any atom is -0.598 e. The summed E-state index contributed by atoms with van der Waals surface area (Å²) in [6, 6.07) is 0.325. The number of aromatic nitrogens is 3. The third-order valence-electron chi connectivity index (χ3n) is 6.25. The van der Waals surface area contributed by atoms with E-state index in [1.165, 1.54) is 12.8 Å². The molecular formula is C19H29BrN6OS. The molecule has 7 nitrogen and oxygen atoms in total. The molecule has 9 heteroatoms. The minimum atomic E-state index is -1.03. The molecule has 2 aliphatic rings. The molecule has 4 rings (SSSR count). The van der Waals surface area contributed by atoms with E-state index >= 15 is 0 Å². The van der Waals surface area contributed by atoms with Crippen LogP contribution in [0.2, 0.25) is 0 Å². The molecule has 0 bridgehead atoms. The molecule has 2 fully saturated rings. The Kier molecular flexibility index (Phi) is 5.31. The summed E-state index contributed by atoms with van der Waals surface area (Å²) in [5, 5.41) is 0. The van der Waals surface area contributed by atoms with Crippen molar-refractivity contribution in [2.45, 2.75) is 63.7 Å². The van der Waals surface area contributed by atoms with Crippen LogP contribution in [0.1, 0.15) is 52.9 Å². The quantitative estimate of drug-likeness (QED) is 0.671. The molecule has 154 valence electrons. The van der Waals surface area contributed by atoms with Gasteiger partial charge in [-0.3, -0.25) is 4.40 Å². The molecule has 1 aliphatic carbocycles. The normalized spacial score (nSPS) is 23.6. The van der Waals surface area contributed by atoms with Crippen LogP contribution in [0.3, 0.4) is 0 Å². The zero-order valence-corrected chi connectivity index (χ0v) is 19.1. The number of hydrogen-bond acceptors (Lipinski definition) is 6. The number of piperidine rings is 1. The number of imidazole rings is 1. The van der Waals surface area contributed by atoms with E-state index in [-0.39, 0.29) is 10.2 Å². The molecule has 3 N–H and O–H groups in total. The van der Waals surface area contributed by atoms with Crippen molar-refractivity contribution in [1.29, 1.82) is 0 Å². The van der Waals surface area contributed by atoms with Gasteiger partial charge >= 0.3 is 0 Å². The van der Waals surface area contributed by atoms with E-state index in [9.17, 15) is 4.55 Å². The Balaban J connectivity index is 1.52. The summed E-state index contributed by atoms with van der Waals surface area (Å²) in [4.78, 5) is 11.3. The summed E-state index contributed by atoms with van der Waals surface area (Å²) in [6.45, 7) is 7.92. The van der Waals surface area contributed by atoms with Crippen molar-refractivity contribution in [2.24, 2.45) is 5.41 Å². The van der Waals surface area contributed by atoms with Crippen LogP contribution in [0.15, 0.2) is 16.9 Å². The highest BCUT2D eigenvalue weighted by molar-refractivity contribution is 9.10. The van der Waals surface area contributed by atoms with Crippen LogP contribution in [0.4, 0.5) is 11.8 Å². The van der Waals surface area contributed by atoms with Crippen LogP contribution in [-0.4, -0.2) is 42.8 Å². The van der Waals surface area contributed by atoms with E-state index in [1.807, 2.05) is 31.4 Å². The van der Waals surface area contributed by atoms with Gasteiger partial charge in [0.25, 0.3) is 0 Å². The Morgan fingerprint density at radius 1 is 1.32 bits per heavy atom. The second-order valence-electron chi connectivity index (χ2n) is 9.03. The van der Waals surface area contributed by atoms with Crippen molar-refractivity contribution in [1.82, 2.24) is 19.1 Å². The molecule has 0 amide bonds. The van der Waals surface area contributed by atoms with Crippen LogP contribution < -0.4 is 15.4 Å². The Morgan fingerprint density at radius 2 is 2.04 bits per heavy atom. The lowest BCUT2D eigenvalue weighted by molar-refractivity contribution is 0.186. The zero-order chi connectivity index (χ0) is 20.1. The fourth-order valence-electron chi connectivity index (χ4n) is 4.55. The molecule has 2 atom stereocenters. The smallest absolute Gasteiger partial charge is 0.213 e. The molecule has 28 heavy (non-hydrogen) atoms. The molecule has 0 aromatic carbocycles. The first-order chi connectivity index (χ1) is 13.2. The molecule has 2 aromatic rings. The molecule has 2 aromatic heterocycles. The molecular weight excluding hydrogens is 440 g/mol. The van der Waals surface area contributed by atoms with Gasteiger partial charge in [-0.2, -0.15) is 4.98 Å². The average molecular weight is 469 g/mol. The third kappa shape index (κ3) is 3.51. The predicted octanol–water partition coefficient (Wildman–Crippen LogP) is 3.26. The fraction of sp³-hybridized carbons (Fsp3) is 0.684. The van der Waals surface area contributed by atoms with E-state index in [0.29, 0.717) is 11.9 Å². The van der Waals surface area contributed by atoms with E-state index in [4.69, 9.17) is 5.73 Å². The summed E-state index contributed by atoms with van der Waals surface area (Å²) in [5.74, 6) is 1.32. The standard InChI is InChI=1S/C19H29BrN6OS/c1-18(2,3)28(27)24-13-5-4-6-19(13)7-10-25(11-8-19)17-23-15(21)14(20)16-22-9-12-26(16)17/h9,12-13,24H,4-8,10-11,21H2,1-3H3/t13-,28?/m1/s1. The lowest BCUT2D eigenvalue weighted by atomic mass is 9.74. The number of nitrogens with two attached hydrogens (primary N) is 1. The van der Waals surface area contributed by atoms with Crippen LogP contribution in [-0.2, 0) is 11.4 Å². The Morgan fingerprint density at radius 3 is 2.71 bits per heavy atom. The lowest BCUT2D eigenvalue weighted by Gasteiger charge is -2.44. The number of anilines is 2. The van der Waals surface area contributed by atoms with Crippen molar-refractivity contribution in [3.63, 3.8) is 0 Å². The van der Waals surface area contributed by atoms with Crippen molar-refractivity contribution in [3.8, 4) is 0 Å². The first-order valence-electron chi connectivity index (χ1n) is 9.92. The van der Waals surface area contributed by atoms with Gasteiger partial charge in [-0.1, -0.05) is 6.42 Å². The highest BCUT2D eigenvalue weighted by Gasteiger charge is 2.48. The molecule has 1 aliphatic heterocycles. The summed E-state index contributed by atoms with van der Waals surface area (Å²) >= 11 is 2.46. The van der Waals surface area contributed by atoms with Crippen molar-refractivity contribution < 1.29 is 4.55 Å². The molecule has 1 spiro atoms. The van der Waals surface area contributed by atoms with Crippen molar-refractivity contribution in [3.05, 3.63) is 16.9 Å². The molecule has 1 unspecified atom stereocenters. The Hall–Kier alpha value is -1.03. The number of hydrogen-bond donors (Lipinski definition) is 2. The summed E-state index contributed by atoms with van der Waals surface area (Å²) in [7, 11) is 0. The molecule has 0 radical (unpaired) electrons. The zero-order valence-electron chi connectivity index (χ0n) is 16.7. The van der Waals surface area contributed by atoms with Crippen molar-refractivity contribution >= 4 is 44.7 Å². The van der Waals surface area contributed by atoms with Gasteiger partial charge in [-0.15, -0.1) is 4.72 Å². The SMILES string of the molecule is CC(C)(C)[S+]([O-])N[C@@H]1CCCC12CCN(c1nc(N)c(Br)c3nccn13)CC2. The number of nitrogen functional groups attached to an aromatic ring is 1. The van der Waals surface area contributed by atoms with Gasteiger partial charge in [-0.25, -0.2) is 4.98 Å². The van der Waals surface area contributed by atoms with Gasteiger partial charge in [0.1, 0.15) is 15.0 Å². The van der Waals surface area contributed by atoms with Crippen LogP contribution in [0, 0.1) is 5.41 Å². The van der Waals surface area contributed by atoms with Gasteiger partial charge in [0, 0.05) is 36.8 Å². The van der Waals surface area contributed by atoms with Crippen LogP contribution in [0.25, 0.3) is 5.65 Å². The van der Waals surface area contributed by atoms with Gasteiger partial charge in [0.2, 0.25) is 5.95 Å². The van der Waals surface area contributed by atoms with E-state index in [0.717, 1.165) is 48.4 Å². The highest BCUT2D eigenvalue weighted by Crippen LogP contribution is 2.47. The predicted molar refractivity (Wildman–Crippen MR) is 118 cm³/mol. The largest absolute Gasteiger partial charge is 0.598 e. The second kappa shape index (κ2) is 7.34. The molecule has 3 heterocycles. The van der Waals surface area contributed by atoms with E-state index < -0.39 is 11.4 Å². The van der Waals surface area contributed by atoms with Gasteiger partial charge < -0.3 is 15.2 Å². The number of nitrogens with zero attached hydrogens (tertiary/aromatic N) is 4. The molecule has 1 saturated heterocycles. The fourth-order valence-corrected chi connectivity index (χ4v) is 5.92. The summed E-state index contributed by atoms with van der Waals surface area (Å²) in [6.07, 6.45) is 9.36. The lowest BCUT2D eigenvalue weighted by Crippen LogP contribution is -2.53. The number of halogens is 1. The Bertz CT molecular complexity index is 858. The van der Waals surface area contributed by atoms with Gasteiger partial charge in [-0.05, 0) is 67.8 Å². The summed E-state index contributed by atoms with van der Waals surface area (Å²) in [5.41, 5.74) is 7.13. The van der Waals surface area contributed by atoms with Gasteiger partial charge in [0.15, 0.2) is 5.65 Å². The second-order valence-corrected chi connectivity index (χ2v) is 11.8. The van der Waals surface area contributed by atoms with Crippen LogP contribution in [0.5, 0.6) is 0 Å². The first-order valence-corrected chi connectivity index (χ1v) is 11.9. The third-order valence-corrected chi connectivity index (χ3v) is 8.62. The molecule has 1 saturated carbocycles. The minimum absolute atomic E-state index is 0.229. The van der Waals surface area contributed by atoms with Gasteiger partial charge in [0.05, 0.1) is 6.04 Å². The van der Waals surface area contributed by atoms with E-state index in [1.54, 1.807) is 6.20 Å². The average Bonchev–Trinajstić information content (AvgIpc) is 3.27. The number of rotatable bonds is 3. The Labute approximate surface area is 177 Å². The summed E-state index contributed by atoms with van der Waals surface area (Å²) < 4.78 is 18.6. The number of fused-ring (bicyclic) bond motifs is 1. The maximum absolute atomic E-state index is 12.7. The highest BCUT2D eigenvalue weighted by atomic mass is 79.9. The van der Waals surface area contributed by atoms with Crippen molar-refractivity contribution in [2.75, 3.05) is 23.7 Å². The maximum Gasteiger partial charge on any atom is 0.213 e. The topological polar surface area (TPSA) is 94.5 Å². The monoisotopic (exact) mass is 468 g/mol. The van der Waals surface area contributed by atoms with E-state index in [2.05, 4.69) is 35.5 Å². The van der Waals surface area contributed by atoms with Crippen LogP contribution >= 0.6 is 15.9 Å². The first kappa shape index (κ1) is 20.3.